The van der Waals surface area contributed by atoms with Gasteiger partial charge in [-0.3, -0.25) is 0 Å². The zero-order valence-corrected chi connectivity index (χ0v) is 17.5. The van der Waals surface area contributed by atoms with Crippen LogP contribution in [0.2, 0.25) is 10.3 Å². The van der Waals surface area contributed by atoms with Crippen LogP contribution >= 0.6 is 23.2 Å². The number of carbonyl (C=O) groups excluding carboxylic acids is 2. The number of fused-ring (bicyclic) bond motifs is 2. The molecule has 0 aromatic carbocycles. The molecule has 0 radical (unpaired) electrons. The van der Waals surface area contributed by atoms with Crippen LogP contribution in [0, 0.1) is 0 Å². The summed E-state index contributed by atoms with van der Waals surface area (Å²) in [6.45, 7) is 7.59. The first-order chi connectivity index (χ1) is 13.1. The van der Waals surface area contributed by atoms with Crippen molar-refractivity contribution in [2.45, 2.75) is 51.7 Å². The lowest BCUT2D eigenvalue weighted by Crippen LogP contribution is -2.21. The highest BCUT2D eigenvalue weighted by Crippen LogP contribution is 2.38. The summed E-state index contributed by atoms with van der Waals surface area (Å²) in [5.74, 6) is -0.623. The van der Waals surface area contributed by atoms with Gasteiger partial charge in [-0.25, -0.2) is 19.6 Å². The quantitative estimate of drug-likeness (QED) is 0.496. The third-order valence-electron chi connectivity index (χ3n) is 5.15. The van der Waals surface area contributed by atoms with Gasteiger partial charge in [0.2, 0.25) is 0 Å². The van der Waals surface area contributed by atoms with Gasteiger partial charge in [-0.15, -0.1) is 0 Å². The molecule has 0 spiro atoms. The van der Waals surface area contributed by atoms with Gasteiger partial charge in [0, 0.05) is 0 Å². The number of esters is 2. The highest BCUT2D eigenvalue weighted by molar-refractivity contribution is 6.29. The Hall–Kier alpha value is -2.18. The summed E-state index contributed by atoms with van der Waals surface area (Å²) in [5, 5.41) is 0.781. The molecule has 2 aliphatic rings. The second-order valence-electron chi connectivity index (χ2n) is 7.01. The van der Waals surface area contributed by atoms with Crippen molar-refractivity contribution in [2.75, 3.05) is 0 Å². The largest absolute Gasteiger partial charge is 0.449 e. The fourth-order valence-corrected chi connectivity index (χ4v) is 3.40. The minimum atomic E-state index is -0.614. The second kappa shape index (κ2) is 7.33. The molecule has 28 heavy (non-hydrogen) atoms. The number of carbonyl (C=O) groups is 2. The fourth-order valence-electron chi connectivity index (χ4n) is 3.10. The molecule has 2 atom stereocenters. The van der Waals surface area contributed by atoms with Gasteiger partial charge >= 0.3 is 11.9 Å². The number of hydrogen-bond donors (Lipinski definition) is 0. The molecule has 0 saturated carbocycles. The van der Waals surface area contributed by atoms with E-state index in [2.05, 4.69) is 9.97 Å². The monoisotopic (exact) mass is 422 g/mol. The van der Waals surface area contributed by atoms with Crippen LogP contribution in [0.15, 0.2) is 24.3 Å². The predicted octanol–water partition coefficient (Wildman–Crippen LogP) is 5.06. The Morgan fingerprint density at radius 3 is 1.46 bits per heavy atom. The number of hydrogen-bond acceptors (Lipinski definition) is 6. The summed E-state index contributed by atoms with van der Waals surface area (Å²) in [6, 6.07) is 6.52. The maximum absolute atomic E-state index is 11.4. The SMILES string of the molecule is CCC1(C)OC(=O)c2ccc(Cl)nc21.CCC1(C)OC(=O)c2ccc(Cl)nc21. The molecule has 8 heteroatoms. The minimum Gasteiger partial charge on any atom is -0.449 e. The molecule has 0 aliphatic carbocycles. The number of aromatic nitrogens is 2. The number of pyridine rings is 2. The van der Waals surface area contributed by atoms with E-state index in [1.54, 1.807) is 24.3 Å². The molecule has 148 valence electrons. The lowest BCUT2D eigenvalue weighted by Gasteiger charge is -2.20. The summed E-state index contributed by atoms with van der Waals surface area (Å²) in [5.41, 5.74) is 1.13. The molecule has 0 saturated heterocycles. The molecule has 0 N–H and O–H groups in total. The Balaban J connectivity index is 0.000000161. The number of nitrogens with zero attached hydrogens (tertiary/aromatic N) is 2. The molecule has 0 fully saturated rings. The molecule has 0 amide bonds. The predicted molar refractivity (Wildman–Crippen MR) is 105 cm³/mol. The first-order valence-electron chi connectivity index (χ1n) is 8.94. The standard InChI is InChI=1S/2C10H10ClNO2/c2*1-3-10(2)8-6(9(13)14-10)4-5-7(11)12-8/h2*4-5H,3H2,1-2H3. The van der Waals surface area contributed by atoms with Gasteiger partial charge in [0.05, 0.1) is 11.1 Å². The van der Waals surface area contributed by atoms with Gasteiger partial charge in [-0.2, -0.15) is 0 Å². The smallest absolute Gasteiger partial charge is 0.341 e. The van der Waals surface area contributed by atoms with E-state index in [0.29, 0.717) is 45.7 Å². The van der Waals surface area contributed by atoms with Crippen LogP contribution in [0.25, 0.3) is 0 Å². The van der Waals surface area contributed by atoms with E-state index in [4.69, 9.17) is 32.7 Å². The van der Waals surface area contributed by atoms with E-state index in [1.807, 2.05) is 27.7 Å². The highest BCUT2D eigenvalue weighted by Gasteiger charge is 2.42. The average molecular weight is 423 g/mol. The van der Waals surface area contributed by atoms with E-state index in [9.17, 15) is 9.59 Å². The van der Waals surface area contributed by atoms with Gasteiger partial charge < -0.3 is 9.47 Å². The van der Waals surface area contributed by atoms with E-state index in [1.165, 1.54) is 0 Å². The molecule has 2 aromatic rings. The fraction of sp³-hybridized carbons (Fsp3) is 0.400. The number of ether oxygens (including phenoxy) is 2. The minimum absolute atomic E-state index is 0.312. The van der Waals surface area contributed by atoms with Crippen molar-refractivity contribution in [2.24, 2.45) is 0 Å². The third kappa shape index (κ3) is 3.47. The average Bonchev–Trinajstić information content (AvgIpc) is 3.06. The molecule has 2 unspecified atom stereocenters. The molecule has 2 aromatic heterocycles. The van der Waals surface area contributed by atoms with Crippen molar-refractivity contribution in [1.29, 1.82) is 0 Å². The van der Waals surface area contributed by atoms with Crippen LogP contribution in [0.3, 0.4) is 0 Å². The van der Waals surface area contributed by atoms with Gasteiger partial charge in [-0.1, -0.05) is 37.0 Å². The van der Waals surface area contributed by atoms with Crippen LogP contribution in [0.4, 0.5) is 0 Å². The highest BCUT2D eigenvalue weighted by atomic mass is 35.5. The summed E-state index contributed by atoms with van der Waals surface area (Å²) in [6.07, 6.45) is 1.39. The zero-order valence-electron chi connectivity index (χ0n) is 16.0. The summed E-state index contributed by atoms with van der Waals surface area (Å²) < 4.78 is 10.5. The first kappa shape index (κ1) is 20.6. The van der Waals surface area contributed by atoms with Crippen LogP contribution < -0.4 is 0 Å². The van der Waals surface area contributed by atoms with Crippen molar-refractivity contribution in [1.82, 2.24) is 9.97 Å². The first-order valence-corrected chi connectivity index (χ1v) is 9.70. The maximum Gasteiger partial charge on any atom is 0.341 e. The number of halogens is 2. The van der Waals surface area contributed by atoms with Crippen molar-refractivity contribution < 1.29 is 19.1 Å². The molecule has 6 nitrogen and oxygen atoms in total. The topological polar surface area (TPSA) is 78.4 Å². The molecule has 0 bridgehead atoms. The lowest BCUT2D eigenvalue weighted by molar-refractivity contribution is -0.00318. The molecular weight excluding hydrogens is 403 g/mol. The zero-order chi connectivity index (χ0) is 20.7. The Labute approximate surface area is 173 Å². The lowest BCUT2D eigenvalue weighted by atomic mass is 9.97. The Kier molecular flexibility index (Phi) is 5.38. The van der Waals surface area contributed by atoms with E-state index < -0.39 is 11.2 Å². The molecular formula is C20H20Cl2N2O4. The van der Waals surface area contributed by atoms with Crippen LogP contribution in [0.5, 0.6) is 0 Å². The third-order valence-corrected chi connectivity index (χ3v) is 5.57. The van der Waals surface area contributed by atoms with Gasteiger partial charge in [0.25, 0.3) is 0 Å². The molecule has 2 aliphatic heterocycles. The molecule has 4 rings (SSSR count). The summed E-state index contributed by atoms with van der Waals surface area (Å²) >= 11 is 11.6. The second-order valence-corrected chi connectivity index (χ2v) is 7.78. The van der Waals surface area contributed by atoms with Crippen LogP contribution in [-0.2, 0) is 20.7 Å². The van der Waals surface area contributed by atoms with Crippen molar-refractivity contribution in [3.05, 3.63) is 57.1 Å². The maximum atomic E-state index is 11.4. The Morgan fingerprint density at radius 2 is 1.14 bits per heavy atom. The van der Waals surface area contributed by atoms with Crippen LogP contribution in [-0.4, -0.2) is 21.9 Å². The molecule has 4 heterocycles. The normalized spacial score (nSPS) is 24.6. The van der Waals surface area contributed by atoms with E-state index in [0.717, 1.165) is 0 Å². The van der Waals surface area contributed by atoms with Crippen molar-refractivity contribution >= 4 is 35.1 Å². The van der Waals surface area contributed by atoms with Gasteiger partial charge in [-0.05, 0) is 51.0 Å². The number of cyclic esters (lactones) is 2. The van der Waals surface area contributed by atoms with Crippen molar-refractivity contribution in [3.63, 3.8) is 0 Å². The van der Waals surface area contributed by atoms with E-state index in [-0.39, 0.29) is 11.9 Å². The van der Waals surface area contributed by atoms with Gasteiger partial charge in [0.15, 0.2) is 11.2 Å². The Morgan fingerprint density at radius 1 is 0.786 bits per heavy atom. The Bertz CT molecular complexity index is 888. The van der Waals surface area contributed by atoms with Crippen LogP contribution in [0.1, 0.15) is 72.6 Å². The summed E-state index contributed by atoms with van der Waals surface area (Å²) in [7, 11) is 0. The van der Waals surface area contributed by atoms with Gasteiger partial charge in [0.1, 0.15) is 21.7 Å². The summed E-state index contributed by atoms with van der Waals surface area (Å²) in [4.78, 5) is 31.2. The van der Waals surface area contributed by atoms with Crippen molar-refractivity contribution in [3.8, 4) is 0 Å². The number of rotatable bonds is 2. The van der Waals surface area contributed by atoms with E-state index >= 15 is 0 Å².